The number of anilines is 1. The third-order valence-corrected chi connectivity index (χ3v) is 4.49. The van der Waals surface area contributed by atoms with Gasteiger partial charge in [-0.15, -0.1) is 0 Å². The summed E-state index contributed by atoms with van der Waals surface area (Å²) < 4.78 is 0. The molecule has 1 atom stereocenters. The minimum atomic E-state index is 0.839. The zero-order valence-electron chi connectivity index (χ0n) is 11.9. The van der Waals surface area contributed by atoms with Crippen LogP contribution in [0.5, 0.6) is 0 Å². The topological polar surface area (TPSA) is 6.48 Å². The Morgan fingerprint density at radius 2 is 1.74 bits per heavy atom. The lowest BCUT2D eigenvalue weighted by atomic mass is 10.0. The summed E-state index contributed by atoms with van der Waals surface area (Å²) in [6, 6.07) is 10.8. The zero-order chi connectivity index (χ0) is 13.5. The van der Waals surface area contributed by atoms with Crippen molar-refractivity contribution in [1.82, 2.24) is 4.90 Å². The van der Waals surface area contributed by atoms with Gasteiger partial charge in [-0.3, -0.25) is 4.90 Å². The fourth-order valence-electron chi connectivity index (χ4n) is 2.60. The van der Waals surface area contributed by atoms with E-state index in [4.69, 9.17) is 0 Å². The van der Waals surface area contributed by atoms with Crippen LogP contribution >= 0.6 is 15.9 Å². The van der Waals surface area contributed by atoms with Gasteiger partial charge in [-0.1, -0.05) is 41.1 Å². The predicted molar refractivity (Wildman–Crippen MR) is 87.3 cm³/mol. The van der Waals surface area contributed by atoms with Gasteiger partial charge in [-0.25, -0.2) is 0 Å². The highest BCUT2D eigenvalue weighted by Crippen LogP contribution is 2.16. The third kappa shape index (κ3) is 4.81. The number of alkyl halides is 1. The predicted octanol–water partition coefficient (Wildman–Crippen LogP) is 3.62. The first kappa shape index (κ1) is 14.9. The summed E-state index contributed by atoms with van der Waals surface area (Å²) in [6.45, 7) is 8.36. The smallest absolute Gasteiger partial charge is 0.0367 e. The average molecular weight is 325 g/mol. The molecular formula is C16H25BrN2. The van der Waals surface area contributed by atoms with Gasteiger partial charge in [0.2, 0.25) is 0 Å². The zero-order valence-corrected chi connectivity index (χ0v) is 13.5. The maximum absolute atomic E-state index is 3.53. The van der Waals surface area contributed by atoms with Crippen molar-refractivity contribution < 1.29 is 0 Å². The van der Waals surface area contributed by atoms with E-state index in [0.717, 1.165) is 24.3 Å². The maximum Gasteiger partial charge on any atom is 0.0367 e. The molecule has 0 bridgehead atoms. The number of para-hydroxylation sites is 1. The molecule has 1 aliphatic rings. The minimum Gasteiger partial charge on any atom is -0.369 e. The summed E-state index contributed by atoms with van der Waals surface area (Å²) in [7, 11) is 0. The van der Waals surface area contributed by atoms with Crippen LogP contribution in [0, 0.1) is 5.92 Å². The van der Waals surface area contributed by atoms with Crippen LogP contribution in [0.3, 0.4) is 0 Å². The number of nitrogens with zero attached hydrogens (tertiary/aromatic N) is 2. The number of halogens is 1. The molecule has 1 heterocycles. The van der Waals surface area contributed by atoms with Crippen LogP contribution in [0.25, 0.3) is 0 Å². The molecule has 1 fully saturated rings. The highest BCUT2D eigenvalue weighted by atomic mass is 79.9. The van der Waals surface area contributed by atoms with Crippen molar-refractivity contribution in [2.45, 2.75) is 19.8 Å². The van der Waals surface area contributed by atoms with Crippen molar-refractivity contribution in [3.05, 3.63) is 30.3 Å². The molecule has 0 aliphatic carbocycles. The lowest BCUT2D eigenvalue weighted by Crippen LogP contribution is -2.46. The quantitative estimate of drug-likeness (QED) is 0.737. The van der Waals surface area contributed by atoms with E-state index in [1.807, 2.05) is 0 Å². The number of hydrogen-bond donors (Lipinski definition) is 0. The van der Waals surface area contributed by atoms with Crippen LogP contribution in [0.2, 0.25) is 0 Å². The van der Waals surface area contributed by atoms with Gasteiger partial charge in [0.15, 0.2) is 0 Å². The largest absolute Gasteiger partial charge is 0.369 e. The van der Waals surface area contributed by atoms with E-state index in [9.17, 15) is 0 Å². The molecule has 1 unspecified atom stereocenters. The normalized spacial score (nSPS) is 18.5. The Bertz CT molecular complexity index is 347. The van der Waals surface area contributed by atoms with Gasteiger partial charge in [0.05, 0.1) is 0 Å². The van der Waals surface area contributed by atoms with Crippen LogP contribution in [0.15, 0.2) is 30.3 Å². The Morgan fingerprint density at radius 1 is 1.05 bits per heavy atom. The Balaban J connectivity index is 1.71. The van der Waals surface area contributed by atoms with Gasteiger partial charge in [-0.05, 0) is 37.4 Å². The van der Waals surface area contributed by atoms with Crippen molar-refractivity contribution in [2.75, 3.05) is 43.0 Å². The third-order valence-electron chi connectivity index (χ3n) is 4.03. The molecule has 19 heavy (non-hydrogen) atoms. The fraction of sp³-hybridized carbons (Fsp3) is 0.625. The number of hydrogen-bond acceptors (Lipinski definition) is 2. The van der Waals surface area contributed by atoms with Crippen LogP contribution < -0.4 is 4.90 Å². The molecule has 2 rings (SSSR count). The molecule has 106 valence electrons. The first-order valence-electron chi connectivity index (χ1n) is 7.38. The van der Waals surface area contributed by atoms with E-state index in [0.29, 0.717) is 0 Å². The van der Waals surface area contributed by atoms with Crippen LogP contribution in [0.4, 0.5) is 5.69 Å². The second-order valence-corrected chi connectivity index (χ2v) is 6.33. The summed E-state index contributed by atoms with van der Waals surface area (Å²) in [4.78, 5) is 5.11. The number of piperazine rings is 1. The second-order valence-electron chi connectivity index (χ2n) is 5.54. The molecule has 2 nitrogen and oxygen atoms in total. The lowest BCUT2D eigenvalue weighted by molar-refractivity contribution is 0.240. The standard InChI is InChI=1S/C16H25BrN2/c1-15(7-9-17)8-10-18-11-13-19(14-12-18)16-5-3-2-4-6-16/h2-6,15H,7-14H2,1H3. The molecule has 0 saturated carbocycles. The molecule has 1 aromatic rings. The van der Waals surface area contributed by atoms with Crippen LogP contribution in [0.1, 0.15) is 19.8 Å². The molecular weight excluding hydrogens is 300 g/mol. The molecule has 0 aromatic heterocycles. The first-order valence-corrected chi connectivity index (χ1v) is 8.50. The molecule has 1 aliphatic heterocycles. The highest BCUT2D eigenvalue weighted by Gasteiger charge is 2.17. The van der Waals surface area contributed by atoms with E-state index < -0.39 is 0 Å². The SMILES string of the molecule is CC(CCBr)CCN1CCN(c2ccccc2)CC1. The minimum absolute atomic E-state index is 0.839. The van der Waals surface area contributed by atoms with Gasteiger partial charge in [-0.2, -0.15) is 0 Å². The van der Waals surface area contributed by atoms with Crippen molar-refractivity contribution in [3.8, 4) is 0 Å². The maximum atomic E-state index is 3.53. The van der Waals surface area contributed by atoms with Gasteiger partial charge in [0.25, 0.3) is 0 Å². The Labute approximate surface area is 125 Å². The van der Waals surface area contributed by atoms with Gasteiger partial charge >= 0.3 is 0 Å². The monoisotopic (exact) mass is 324 g/mol. The molecule has 1 aromatic carbocycles. The van der Waals surface area contributed by atoms with E-state index in [-0.39, 0.29) is 0 Å². The van der Waals surface area contributed by atoms with Crippen LogP contribution in [-0.4, -0.2) is 43.0 Å². The Morgan fingerprint density at radius 3 is 2.37 bits per heavy atom. The van der Waals surface area contributed by atoms with E-state index >= 15 is 0 Å². The molecule has 0 spiro atoms. The summed E-state index contributed by atoms with van der Waals surface area (Å²) >= 11 is 3.53. The molecule has 1 saturated heterocycles. The van der Waals surface area contributed by atoms with E-state index in [1.165, 1.54) is 38.2 Å². The summed E-state index contributed by atoms with van der Waals surface area (Å²) in [5.41, 5.74) is 1.37. The van der Waals surface area contributed by atoms with Crippen molar-refractivity contribution >= 4 is 21.6 Å². The van der Waals surface area contributed by atoms with E-state index in [2.05, 4.69) is 63.0 Å². The first-order chi connectivity index (χ1) is 9.29. The van der Waals surface area contributed by atoms with Gasteiger partial charge < -0.3 is 4.90 Å². The lowest BCUT2D eigenvalue weighted by Gasteiger charge is -2.36. The Hall–Kier alpha value is -0.540. The van der Waals surface area contributed by atoms with Gasteiger partial charge in [0, 0.05) is 37.2 Å². The van der Waals surface area contributed by atoms with Gasteiger partial charge in [0.1, 0.15) is 0 Å². The molecule has 0 amide bonds. The fourth-order valence-corrected chi connectivity index (χ4v) is 3.38. The van der Waals surface area contributed by atoms with Crippen molar-refractivity contribution in [2.24, 2.45) is 5.92 Å². The summed E-state index contributed by atoms with van der Waals surface area (Å²) in [5, 5.41) is 1.13. The van der Waals surface area contributed by atoms with E-state index in [1.54, 1.807) is 0 Å². The van der Waals surface area contributed by atoms with Crippen molar-refractivity contribution in [1.29, 1.82) is 0 Å². The number of rotatable bonds is 6. The van der Waals surface area contributed by atoms with Crippen LogP contribution in [-0.2, 0) is 0 Å². The molecule has 0 radical (unpaired) electrons. The average Bonchev–Trinajstić information content (AvgIpc) is 2.47. The summed E-state index contributed by atoms with van der Waals surface area (Å²) in [6.07, 6.45) is 2.63. The second kappa shape index (κ2) is 7.91. The number of benzene rings is 1. The molecule has 3 heteroatoms. The highest BCUT2D eigenvalue weighted by molar-refractivity contribution is 9.09. The molecule has 0 N–H and O–H groups in total. The summed E-state index contributed by atoms with van der Waals surface area (Å²) in [5.74, 6) is 0.839. The Kier molecular flexibility index (Phi) is 6.18. The van der Waals surface area contributed by atoms with Crippen molar-refractivity contribution in [3.63, 3.8) is 0 Å².